The Morgan fingerprint density at radius 2 is 2.00 bits per heavy atom. The van der Waals surface area contributed by atoms with Crippen LogP contribution in [0.3, 0.4) is 0 Å². The van der Waals surface area contributed by atoms with Gasteiger partial charge in [0.2, 0.25) is 0 Å². The maximum Gasteiger partial charge on any atom is 0.404 e. The number of nitrogens with zero attached hydrogens (tertiary/aromatic N) is 1. The zero-order valence-electron chi connectivity index (χ0n) is 14.3. The zero-order chi connectivity index (χ0) is 18.0. The van der Waals surface area contributed by atoms with E-state index in [0.717, 1.165) is 12.0 Å². The van der Waals surface area contributed by atoms with Gasteiger partial charge in [0.05, 0.1) is 18.2 Å². The minimum Gasteiger partial charge on any atom is -0.465 e. The predicted octanol–water partition coefficient (Wildman–Crippen LogP) is 2.15. The Labute approximate surface area is 143 Å². The number of aliphatic hydroxyl groups excluding tert-OH is 1. The highest BCUT2D eigenvalue weighted by molar-refractivity contribution is 5.65. The van der Waals surface area contributed by atoms with Gasteiger partial charge in [-0.25, -0.2) is 4.79 Å². The third-order valence-corrected chi connectivity index (χ3v) is 3.94. The Kier molecular flexibility index (Phi) is 8.24. The number of hydrogen-bond acceptors (Lipinski definition) is 4. The summed E-state index contributed by atoms with van der Waals surface area (Å²) in [6, 6.07) is 11.0. The van der Waals surface area contributed by atoms with E-state index in [1.807, 2.05) is 30.3 Å². The maximum absolute atomic E-state index is 11.0. The standard InChI is InChI=1S/C18H27N3O3/c1-18(2,9-6-10-19)13-20-12-16(22)15(21-17(23)24)11-14-7-4-3-5-8-14/h3-5,7-8,15-16,20-22H,6,9,11-13H2,1-2H3,(H,23,24)/t15-,16+/m0/s1. The van der Waals surface area contributed by atoms with Crippen molar-refractivity contribution in [1.82, 2.24) is 10.6 Å². The van der Waals surface area contributed by atoms with Gasteiger partial charge in [-0.3, -0.25) is 0 Å². The van der Waals surface area contributed by atoms with Crippen LogP contribution in [0.4, 0.5) is 4.79 Å². The fourth-order valence-corrected chi connectivity index (χ4v) is 2.49. The van der Waals surface area contributed by atoms with Crippen LogP contribution in [0.25, 0.3) is 0 Å². The lowest BCUT2D eigenvalue weighted by molar-refractivity contribution is 0.114. The average Bonchev–Trinajstić information content (AvgIpc) is 2.52. The van der Waals surface area contributed by atoms with Gasteiger partial charge in [0.1, 0.15) is 0 Å². The Bertz CT molecular complexity index is 540. The number of amides is 1. The van der Waals surface area contributed by atoms with Crippen molar-refractivity contribution >= 4 is 6.09 Å². The largest absolute Gasteiger partial charge is 0.465 e. The number of nitriles is 1. The molecule has 0 bridgehead atoms. The molecule has 0 saturated heterocycles. The molecule has 0 aromatic heterocycles. The minimum absolute atomic E-state index is 0.0510. The molecule has 1 aromatic rings. The number of benzene rings is 1. The molecule has 1 rings (SSSR count). The number of carboxylic acid groups (broad SMARTS) is 1. The van der Waals surface area contributed by atoms with Gasteiger partial charge in [0.25, 0.3) is 0 Å². The van der Waals surface area contributed by atoms with Crippen LogP contribution in [0.15, 0.2) is 30.3 Å². The highest BCUT2D eigenvalue weighted by Gasteiger charge is 2.23. The molecule has 0 aliphatic heterocycles. The van der Waals surface area contributed by atoms with Gasteiger partial charge in [0.15, 0.2) is 0 Å². The van der Waals surface area contributed by atoms with Crippen molar-refractivity contribution in [3.63, 3.8) is 0 Å². The van der Waals surface area contributed by atoms with Crippen LogP contribution in [0.2, 0.25) is 0 Å². The molecule has 132 valence electrons. The van der Waals surface area contributed by atoms with Gasteiger partial charge in [0, 0.05) is 19.5 Å². The summed E-state index contributed by atoms with van der Waals surface area (Å²) in [6.07, 6.45) is -0.298. The molecule has 1 amide bonds. The summed E-state index contributed by atoms with van der Waals surface area (Å²) in [5.41, 5.74) is 0.912. The van der Waals surface area contributed by atoms with Crippen molar-refractivity contribution in [2.24, 2.45) is 5.41 Å². The Hall–Kier alpha value is -2.10. The fourth-order valence-electron chi connectivity index (χ4n) is 2.49. The second kappa shape index (κ2) is 9.91. The number of rotatable bonds is 10. The first-order valence-corrected chi connectivity index (χ1v) is 8.13. The van der Waals surface area contributed by atoms with Crippen LogP contribution in [0.5, 0.6) is 0 Å². The summed E-state index contributed by atoms with van der Waals surface area (Å²) in [6.45, 7) is 5.05. The van der Waals surface area contributed by atoms with E-state index >= 15 is 0 Å². The van der Waals surface area contributed by atoms with Crippen molar-refractivity contribution in [2.75, 3.05) is 13.1 Å². The van der Waals surface area contributed by atoms with Crippen LogP contribution in [-0.4, -0.2) is 41.5 Å². The predicted molar refractivity (Wildman–Crippen MR) is 92.6 cm³/mol. The molecule has 6 heteroatoms. The summed E-state index contributed by atoms with van der Waals surface area (Å²) >= 11 is 0. The third-order valence-electron chi connectivity index (χ3n) is 3.94. The summed E-state index contributed by atoms with van der Waals surface area (Å²) in [5.74, 6) is 0. The molecular weight excluding hydrogens is 306 g/mol. The quantitative estimate of drug-likeness (QED) is 0.525. The van der Waals surface area contributed by atoms with E-state index in [0.29, 0.717) is 19.4 Å². The second-order valence-electron chi connectivity index (χ2n) is 6.77. The maximum atomic E-state index is 11.0. The molecule has 0 aliphatic carbocycles. The fraction of sp³-hybridized carbons (Fsp3) is 0.556. The topological polar surface area (TPSA) is 105 Å². The highest BCUT2D eigenvalue weighted by Crippen LogP contribution is 2.20. The van der Waals surface area contributed by atoms with E-state index in [2.05, 4.69) is 30.6 Å². The molecule has 0 heterocycles. The van der Waals surface area contributed by atoms with E-state index in [9.17, 15) is 9.90 Å². The average molecular weight is 333 g/mol. The first-order chi connectivity index (χ1) is 11.3. The third kappa shape index (κ3) is 7.95. The Morgan fingerprint density at radius 1 is 1.33 bits per heavy atom. The molecule has 4 N–H and O–H groups in total. The monoisotopic (exact) mass is 333 g/mol. The molecule has 24 heavy (non-hydrogen) atoms. The SMILES string of the molecule is CC(C)(CCC#N)CNC[C@@H](O)[C@H](Cc1ccccc1)NC(=O)O. The summed E-state index contributed by atoms with van der Waals surface area (Å²) in [4.78, 5) is 11.0. The van der Waals surface area contributed by atoms with Gasteiger partial charge < -0.3 is 20.8 Å². The minimum atomic E-state index is -1.15. The lowest BCUT2D eigenvalue weighted by atomic mass is 9.88. The number of aliphatic hydroxyl groups is 1. The van der Waals surface area contributed by atoms with Gasteiger partial charge in [-0.15, -0.1) is 0 Å². The van der Waals surface area contributed by atoms with Crippen molar-refractivity contribution in [1.29, 1.82) is 5.26 Å². The van der Waals surface area contributed by atoms with Crippen molar-refractivity contribution < 1.29 is 15.0 Å². The molecule has 1 aromatic carbocycles. The van der Waals surface area contributed by atoms with Crippen LogP contribution in [0, 0.1) is 16.7 Å². The van der Waals surface area contributed by atoms with Crippen LogP contribution in [-0.2, 0) is 6.42 Å². The van der Waals surface area contributed by atoms with E-state index in [1.165, 1.54) is 0 Å². The first kappa shape index (κ1) is 19.9. The Balaban J connectivity index is 2.54. The van der Waals surface area contributed by atoms with Crippen LogP contribution >= 0.6 is 0 Å². The van der Waals surface area contributed by atoms with E-state index in [-0.39, 0.29) is 12.0 Å². The van der Waals surface area contributed by atoms with Crippen LogP contribution < -0.4 is 10.6 Å². The lowest BCUT2D eigenvalue weighted by Crippen LogP contribution is -2.49. The summed E-state index contributed by atoms with van der Waals surface area (Å²) in [7, 11) is 0. The number of hydrogen-bond donors (Lipinski definition) is 4. The smallest absolute Gasteiger partial charge is 0.404 e. The van der Waals surface area contributed by atoms with Crippen molar-refractivity contribution in [3.05, 3.63) is 35.9 Å². The molecule has 0 spiro atoms. The lowest BCUT2D eigenvalue weighted by Gasteiger charge is -2.27. The van der Waals surface area contributed by atoms with E-state index < -0.39 is 18.2 Å². The molecule has 2 atom stereocenters. The van der Waals surface area contributed by atoms with E-state index in [1.54, 1.807) is 0 Å². The van der Waals surface area contributed by atoms with Gasteiger partial charge >= 0.3 is 6.09 Å². The summed E-state index contributed by atoms with van der Waals surface area (Å²) < 4.78 is 0. The molecule has 0 radical (unpaired) electrons. The number of nitrogens with one attached hydrogen (secondary N) is 2. The molecule has 0 unspecified atom stereocenters. The van der Waals surface area contributed by atoms with Gasteiger partial charge in [-0.05, 0) is 23.8 Å². The van der Waals surface area contributed by atoms with Crippen molar-refractivity contribution in [2.45, 2.75) is 45.3 Å². The zero-order valence-corrected chi connectivity index (χ0v) is 14.3. The van der Waals surface area contributed by atoms with Gasteiger partial charge in [-0.2, -0.15) is 5.26 Å². The molecule has 0 fully saturated rings. The summed E-state index contributed by atoms with van der Waals surface area (Å²) in [5, 5.41) is 33.6. The Morgan fingerprint density at radius 3 is 2.58 bits per heavy atom. The van der Waals surface area contributed by atoms with Crippen molar-refractivity contribution in [3.8, 4) is 6.07 Å². The molecule has 0 saturated carbocycles. The van der Waals surface area contributed by atoms with Gasteiger partial charge in [-0.1, -0.05) is 44.2 Å². The normalized spacial score (nSPS) is 13.8. The second-order valence-corrected chi connectivity index (χ2v) is 6.77. The molecule has 6 nitrogen and oxygen atoms in total. The first-order valence-electron chi connectivity index (χ1n) is 8.13. The van der Waals surface area contributed by atoms with Crippen LogP contribution in [0.1, 0.15) is 32.3 Å². The molecular formula is C18H27N3O3. The highest BCUT2D eigenvalue weighted by atomic mass is 16.4. The molecule has 0 aliphatic rings. The van der Waals surface area contributed by atoms with E-state index in [4.69, 9.17) is 10.4 Å². The number of carbonyl (C=O) groups is 1.